The van der Waals surface area contributed by atoms with E-state index < -0.39 is 0 Å². The number of hydrogen-bond donors (Lipinski definition) is 2. The van der Waals surface area contributed by atoms with Crippen molar-refractivity contribution in [3.8, 4) is 0 Å². The molecule has 1 rings (SSSR count). The lowest BCUT2D eigenvalue weighted by Gasteiger charge is -2.40. The lowest BCUT2D eigenvalue weighted by atomic mass is 9.87. The van der Waals surface area contributed by atoms with E-state index >= 15 is 0 Å². The summed E-state index contributed by atoms with van der Waals surface area (Å²) in [6, 6.07) is 0. The highest BCUT2D eigenvalue weighted by Gasteiger charge is 2.33. The second-order valence-corrected chi connectivity index (χ2v) is 3.54. The van der Waals surface area contributed by atoms with E-state index in [4.69, 9.17) is 4.74 Å². The molecule has 12 heavy (non-hydrogen) atoms. The third-order valence-corrected chi connectivity index (χ3v) is 3.00. The summed E-state index contributed by atoms with van der Waals surface area (Å²) in [5.74, 6) is 0. The van der Waals surface area contributed by atoms with Gasteiger partial charge in [-0.25, -0.2) is 0 Å². The maximum absolute atomic E-state index is 5.37. The summed E-state index contributed by atoms with van der Waals surface area (Å²) >= 11 is 0. The van der Waals surface area contributed by atoms with Gasteiger partial charge in [-0.3, -0.25) is 0 Å². The predicted molar refractivity (Wildman–Crippen MR) is 50.1 cm³/mol. The second kappa shape index (κ2) is 4.21. The summed E-state index contributed by atoms with van der Waals surface area (Å²) < 4.78 is 5.37. The summed E-state index contributed by atoms with van der Waals surface area (Å²) in [5, 5.41) is 6.68. The van der Waals surface area contributed by atoms with Crippen LogP contribution in [0.1, 0.15) is 25.7 Å². The minimum Gasteiger partial charge on any atom is -0.381 e. The predicted octanol–water partition coefficient (Wildman–Crippen LogP) is 0.710. The molecule has 0 amide bonds. The molecule has 0 bridgehead atoms. The molecule has 0 aliphatic heterocycles. The highest BCUT2D eigenvalue weighted by Crippen LogP contribution is 2.27. The van der Waals surface area contributed by atoms with E-state index in [1.54, 1.807) is 7.11 Å². The summed E-state index contributed by atoms with van der Waals surface area (Å²) in [7, 11) is 5.81. The molecule has 0 radical (unpaired) electrons. The standard InChI is InChI=1S/C9H20N2O/c1-10-9(11-2)6-4-5-8(7-9)12-3/h8,10-11H,4-7H2,1-3H3. The Bertz CT molecular complexity index is 134. The van der Waals surface area contributed by atoms with Crippen molar-refractivity contribution in [1.29, 1.82) is 0 Å². The SMILES string of the molecule is CNC1(NC)CCCC(OC)C1. The summed E-state index contributed by atoms with van der Waals surface area (Å²) in [5.41, 5.74) is 0.110. The highest BCUT2D eigenvalue weighted by atomic mass is 16.5. The fourth-order valence-corrected chi connectivity index (χ4v) is 2.00. The minimum atomic E-state index is 0.110. The zero-order chi connectivity index (χ0) is 9.03. The average Bonchev–Trinajstić information content (AvgIpc) is 2.18. The Morgan fingerprint density at radius 2 is 2.00 bits per heavy atom. The van der Waals surface area contributed by atoms with E-state index in [1.807, 2.05) is 14.1 Å². The molecule has 3 nitrogen and oxygen atoms in total. The van der Waals surface area contributed by atoms with Crippen LogP contribution in [0, 0.1) is 0 Å². The van der Waals surface area contributed by atoms with E-state index in [9.17, 15) is 0 Å². The molecule has 3 heteroatoms. The summed E-state index contributed by atoms with van der Waals surface area (Å²) in [6.07, 6.45) is 5.11. The molecule has 0 heterocycles. The van der Waals surface area contributed by atoms with Gasteiger partial charge in [0.25, 0.3) is 0 Å². The van der Waals surface area contributed by atoms with Gasteiger partial charge in [0, 0.05) is 13.5 Å². The number of hydrogen-bond acceptors (Lipinski definition) is 3. The maximum Gasteiger partial charge on any atom is 0.0707 e. The van der Waals surface area contributed by atoms with Crippen LogP contribution < -0.4 is 10.6 Å². The van der Waals surface area contributed by atoms with E-state index in [0.29, 0.717) is 6.10 Å². The number of methoxy groups -OCH3 is 1. The van der Waals surface area contributed by atoms with Gasteiger partial charge in [-0.15, -0.1) is 0 Å². The van der Waals surface area contributed by atoms with E-state index in [1.165, 1.54) is 19.3 Å². The van der Waals surface area contributed by atoms with Gasteiger partial charge in [0.05, 0.1) is 11.8 Å². The van der Waals surface area contributed by atoms with Crippen molar-refractivity contribution in [2.45, 2.75) is 37.5 Å². The van der Waals surface area contributed by atoms with Gasteiger partial charge < -0.3 is 15.4 Å². The van der Waals surface area contributed by atoms with Crippen molar-refractivity contribution in [2.75, 3.05) is 21.2 Å². The van der Waals surface area contributed by atoms with Crippen LogP contribution in [0.15, 0.2) is 0 Å². The molecule has 1 atom stereocenters. The van der Waals surface area contributed by atoms with Crippen LogP contribution >= 0.6 is 0 Å². The average molecular weight is 172 g/mol. The molecule has 0 spiro atoms. The lowest BCUT2D eigenvalue weighted by molar-refractivity contribution is 0.0243. The molecule has 1 saturated carbocycles. The van der Waals surface area contributed by atoms with Crippen molar-refractivity contribution in [2.24, 2.45) is 0 Å². The molecule has 0 saturated heterocycles. The van der Waals surface area contributed by atoms with Gasteiger partial charge in [-0.2, -0.15) is 0 Å². The normalized spacial score (nSPS) is 28.8. The van der Waals surface area contributed by atoms with Gasteiger partial charge in [0.1, 0.15) is 0 Å². The first kappa shape index (κ1) is 9.96. The summed E-state index contributed by atoms with van der Waals surface area (Å²) in [4.78, 5) is 0. The van der Waals surface area contributed by atoms with Crippen LogP contribution in [0.3, 0.4) is 0 Å². The molecule has 0 aromatic carbocycles. The van der Waals surface area contributed by atoms with Crippen molar-refractivity contribution < 1.29 is 4.74 Å². The van der Waals surface area contributed by atoms with Crippen LogP contribution in [0.4, 0.5) is 0 Å². The Kier molecular flexibility index (Phi) is 3.50. The van der Waals surface area contributed by atoms with E-state index in [2.05, 4.69) is 10.6 Å². The smallest absolute Gasteiger partial charge is 0.0707 e. The number of ether oxygens (including phenoxy) is 1. The highest BCUT2D eigenvalue weighted by molar-refractivity contribution is 4.89. The van der Waals surface area contributed by atoms with Crippen LogP contribution in [-0.2, 0) is 4.74 Å². The Morgan fingerprint density at radius 3 is 2.50 bits per heavy atom. The van der Waals surface area contributed by atoms with Crippen molar-refractivity contribution in [3.05, 3.63) is 0 Å². The van der Waals surface area contributed by atoms with Crippen LogP contribution in [0.2, 0.25) is 0 Å². The molecular formula is C9H20N2O. The molecule has 1 aliphatic carbocycles. The first-order chi connectivity index (χ1) is 5.76. The van der Waals surface area contributed by atoms with Crippen molar-refractivity contribution >= 4 is 0 Å². The fourth-order valence-electron chi connectivity index (χ4n) is 2.00. The Labute approximate surface area is 74.9 Å². The largest absolute Gasteiger partial charge is 0.381 e. The first-order valence-electron chi connectivity index (χ1n) is 4.67. The Balaban J connectivity index is 2.52. The van der Waals surface area contributed by atoms with Gasteiger partial charge >= 0.3 is 0 Å². The van der Waals surface area contributed by atoms with Gasteiger partial charge in [-0.05, 0) is 33.4 Å². The topological polar surface area (TPSA) is 33.3 Å². The molecule has 1 unspecified atom stereocenters. The quantitative estimate of drug-likeness (QED) is 0.615. The monoisotopic (exact) mass is 172 g/mol. The van der Waals surface area contributed by atoms with Crippen molar-refractivity contribution in [3.63, 3.8) is 0 Å². The third-order valence-electron chi connectivity index (χ3n) is 3.00. The van der Waals surface area contributed by atoms with Crippen molar-refractivity contribution in [1.82, 2.24) is 10.6 Å². The van der Waals surface area contributed by atoms with Crippen LogP contribution in [0.5, 0.6) is 0 Å². The molecular weight excluding hydrogens is 152 g/mol. The molecule has 1 aliphatic rings. The van der Waals surface area contributed by atoms with E-state index in [0.717, 1.165) is 6.42 Å². The van der Waals surface area contributed by atoms with Gasteiger partial charge in [0.2, 0.25) is 0 Å². The van der Waals surface area contributed by atoms with E-state index in [-0.39, 0.29) is 5.66 Å². The van der Waals surface area contributed by atoms with Crippen LogP contribution in [0.25, 0.3) is 0 Å². The molecule has 0 aromatic rings. The van der Waals surface area contributed by atoms with Gasteiger partial charge in [0.15, 0.2) is 0 Å². The maximum atomic E-state index is 5.37. The number of nitrogens with one attached hydrogen (secondary N) is 2. The fraction of sp³-hybridized carbons (Fsp3) is 1.00. The second-order valence-electron chi connectivity index (χ2n) is 3.54. The zero-order valence-corrected chi connectivity index (χ0v) is 8.31. The zero-order valence-electron chi connectivity index (χ0n) is 8.31. The minimum absolute atomic E-state index is 0.110. The van der Waals surface area contributed by atoms with Crippen LogP contribution in [-0.4, -0.2) is 33.0 Å². The summed E-state index contributed by atoms with van der Waals surface area (Å²) in [6.45, 7) is 0. The first-order valence-corrected chi connectivity index (χ1v) is 4.67. The number of rotatable bonds is 3. The Morgan fingerprint density at radius 1 is 1.33 bits per heavy atom. The molecule has 1 fully saturated rings. The molecule has 2 N–H and O–H groups in total. The van der Waals surface area contributed by atoms with Gasteiger partial charge in [-0.1, -0.05) is 0 Å². The lowest BCUT2D eigenvalue weighted by Crippen LogP contribution is -2.57. The Hall–Kier alpha value is -0.120. The third kappa shape index (κ3) is 1.97. The molecule has 0 aromatic heterocycles. The molecule has 72 valence electrons.